The Morgan fingerprint density at radius 3 is 2.82 bits per heavy atom. The van der Waals surface area contributed by atoms with Gasteiger partial charge in [-0.3, -0.25) is 4.79 Å². The molecule has 0 radical (unpaired) electrons. The molecule has 1 heterocycles. The Balaban J connectivity index is 2.54. The van der Waals surface area contributed by atoms with Gasteiger partial charge in [-0.25, -0.2) is 0 Å². The molecular formula is C13H23N3O. The molecule has 1 rings (SSSR count). The van der Waals surface area contributed by atoms with Crippen molar-refractivity contribution in [1.82, 2.24) is 10.2 Å². The van der Waals surface area contributed by atoms with Crippen LogP contribution in [0.3, 0.4) is 0 Å². The number of hydrogen-bond donors (Lipinski definition) is 1. The van der Waals surface area contributed by atoms with Crippen LogP contribution in [0.4, 0.5) is 0 Å². The lowest BCUT2D eigenvalue weighted by atomic mass is 10.0. The highest BCUT2D eigenvalue weighted by Gasteiger charge is 2.25. The van der Waals surface area contributed by atoms with Crippen LogP contribution in [0.5, 0.6) is 0 Å². The molecule has 96 valence electrons. The average molecular weight is 237 g/mol. The first-order chi connectivity index (χ1) is 8.15. The topological polar surface area (TPSA) is 56.1 Å². The van der Waals surface area contributed by atoms with Crippen molar-refractivity contribution >= 4 is 5.91 Å². The van der Waals surface area contributed by atoms with Gasteiger partial charge in [-0.15, -0.1) is 0 Å². The molecule has 0 aromatic carbocycles. The minimum Gasteiger partial charge on any atom is -0.340 e. The van der Waals surface area contributed by atoms with Crippen molar-refractivity contribution in [2.24, 2.45) is 5.92 Å². The maximum atomic E-state index is 12.3. The predicted octanol–water partition coefficient (Wildman–Crippen LogP) is 1.53. The van der Waals surface area contributed by atoms with E-state index in [2.05, 4.69) is 25.2 Å². The first-order valence-electron chi connectivity index (χ1n) is 6.54. The van der Waals surface area contributed by atoms with Gasteiger partial charge in [-0.2, -0.15) is 5.26 Å². The maximum Gasteiger partial charge on any atom is 0.239 e. The number of rotatable bonds is 5. The molecule has 1 amide bonds. The van der Waals surface area contributed by atoms with E-state index < -0.39 is 0 Å². The van der Waals surface area contributed by atoms with Gasteiger partial charge in [0.25, 0.3) is 0 Å². The van der Waals surface area contributed by atoms with Crippen LogP contribution in [-0.2, 0) is 4.79 Å². The second kappa shape index (κ2) is 7.29. The van der Waals surface area contributed by atoms with Crippen molar-refractivity contribution < 1.29 is 4.79 Å². The van der Waals surface area contributed by atoms with Crippen LogP contribution >= 0.6 is 0 Å². The quantitative estimate of drug-likeness (QED) is 0.789. The first-order valence-corrected chi connectivity index (χ1v) is 6.54. The second-order valence-electron chi connectivity index (χ2n) is 5.09. The van der Waals surface area contributed by atoms with Gasteiger partial charge in [0.2, 0.25) is 5.91 Å². The Hall–Kier alpha value is -1.08. The molecule has 1 unspecified atom stereocenters. The van der Waals surface area contributed by atoms with Gasteiger partial charge in [0.15, 0.2) is 0 Å². The molecule has 17 heavy (non-hydrogen) atoms. The molecule has 0 aromatic heterocycles. The molecule has 1 aliphatic rings. The van der Waals surface area contributed by atoms with Gasteiger partial charge >= 0.3 is 0 Å². The molecule has 0 aromatic rings. The smallest absolute Gasteiger partial charge is 0.239 e. The monoisotopic (exact) mass is 237 g/mol. The minimum absolute atomic E-state index is 0.0267. The van der Waals surface area contributed by atoms with E-state index in [9.17, 15) is 4.79 Å². The normalized spacial score (nSPS) is 20.0. The van der Waals surface area contributed by atoms with E-state index in [0.717, 1.165) is 32.4 Å². The summed E-state index contributed by atoms with van der Waals surface area (Å²) in [5.41, 5.74) is 0. The van der Waals surface area contributed by atoms with E-state index in [1.165, 1.54) is 0 Å². The van der Waals surface area contributed by atoms with Crippen LogP contribution in [0.1, 0.15) is 39.5 Å². The lowest BCUT2D eigenvalue weighted by molar-refractivity contribution is -0.134. The van der Waals surface area contributed by atoms with Gasteiger partial charge in [0, 0.05) is 13.1 Å². The molecule has 1 aliphatic heterocycles. The van der Waals surface area contributed by atoms with E-state index in [1.54, 1.807) is 0 Å². The van der Waals surface area contributed by atoms with E-state index in [-0.39, 0.29) is 11.9 Å². The van der Waals surface area contributed by atoms with Crippen molar-refractivity contribution in [3.8, 4) is 6.07 Å². The standard InChI is InChI=1S/C13H23N3O/c1-11(2)10-16(9-5-7-14)13(17)12-6-3-4-8-15-12/h11-12,15H,3-6,8-10H2,1-2H3. The Kier molecular flexibility index (Phi) is 5.99. The lowest BCUT2D eigenvalue weighted by Crippen LogP contribution is -2.49. The van der Waals surface area contributed by atoms with Gasteiger partial charge in [0.05, 0.1) is 18.5 Å². The Morgan fingerprint density at radius 2 is 2.29 bits per heavy atom. The van der Waals surface area contributed by atoms with Crippen LogP contribution < -0.4 is 5.32 Å². The summed E-state index contributed by atoms with van der Waals surface area (Å²) in [4.78, 5) is 14.1. The maximum absolute atomic E-state index is 12.3. The molecule has 0 aliphatic carbocycles. The average Bonchev–Trinajstić information content (AvgIpc) is 2.34. The number of carbonyl (C=O) groups excluding carboxylic acids is 1. The van der Waals surface area contributed by atoms with Crippen molar-refractivity contribution in [2.75, 3.05) is 19.6 Å². The summed E-state index contributed by atoms with van der Waals surface area (Å²) in [7, 11) is 0. The highest BCUT2D eigenvalue weighted by Crippen LogP contribution is 2.11. The van der Waals surface area contributed by atoms with Crippen LogP contribution in [-0.4, -0.2) is 36.5 Å². The minimum atomic E-state index is -0.0267. The van der Waals surface area contributed by atoms with E-state index in [4.69, 9.17) is 5.26 Å². The molecule has 1 atom stereocenters. The summed E-state index contributed by atoms with van der Waals surface area (Å²) >= 11 is 0. The fourth-order valence-electron chi connectivity index (χ4n) is 2.20. The first kappa shape index (κ1) is 14.0. The highest BCUT2D eigenvalue weighted by atomic mass is 16.2. The van der Waals surface area contributed by atoms with Crippen molar-refractivity contribution in [2.45, 2.75) is 45.6 Å². The number of amides is 1. The fraction of sp³-hybridized carbons (Fsp3) is 0.846. The van der Waals surface area contributed by atoms with Crippen molar-refractivity contribution in [3.05, 3.63) is 0 Å². The molecule has 1 saturated heterocycles. The van der Waals surface area contributed by atoms with Gasteiger partial charge in [-0.1, -0.05) is 20.3 Å². The largest absolute Gasteiger partial charge is 0.340 e. The number of carbonyl (C=O) groups is 1. The van der Waals surface area contributed by atoms with Crippen LogP contribution in [0.2, 0.25) is 0 Å². The zero-order valence-electron chi connectivity index (χ0n) is 10.9. The number of nitrogens with one attached hydrogen (secondary N) is 1. The lowest BCUT2D eigenvalue weighted by Gasteiger charge is -2.30. The Labute approximate surface area is 104 Å². The number of hydrogen-bond acceptors (Lipinski definition) is 3. The summed E-state index contributed by atoms with van der Waals surface area (Å²) in [6.45, 7) is 6.44. The molecule has 0 spiro atoms. The van der Waals surface area contributed by atoms with Gasteiger partial charge < -0.3 is 10.2 Å². The second-order valence-corrected chi connectivity index (χ2v) is 5.09. The zero-order valence-corrected chi connectivity index (χ0v) is 10.9. The predicted molar refractivity (Wildman–Crippen MR) is 67.3 cm³/mol. The van der Waals surface area contributed by atoms with Crippen LogP contribution in [0.15, 0.2) is 0 Å². The van der Waals surface area contributed by atoms with Gasteiger partial charge in [-0.05, 0) is 25.3 Å². The number of nitriles is 1. The van der Waals surface area contributed by atoms with Gasteiger partial charge in [0.1, 0.15) is 0 Å². The fourth-order valence-corrected chi connectivity index (χ4v) is 2.20. The molecule has 0 bridgehead atoms. The number of nitrogens with zero attached hydrogens (tertiary/aromatic N) is 2. The summed E-state index contributed by atoms with van der Waals surface area (Å²) in [5.74, 6) is 0.620. The summed E-state index contributed by atoms with van der Waals surface area (Å²) in [5, 5.41) is 11.9. The SMILES string of the molecule is CC(C)CN(CCC#N)C(=O)C1CCCCN1. The molecule has 4 heteroatoms. The molecular weight excluding hydrogens is 214 g/mol. The third kappa shape index (κ3) is 4.74. The third-order valence-electron chi connectivity index (χ3n) is 3.00. The van der Waals surface area contributed by atoms with Crippen LogP contribution in [0.25, 0.3) is 0 Å². The Morgan fingerprint density at radius 1 is 1.53 bits per heavy atom. The van der Waals surface area contributed by atoms with E-state index in [0.29, 0.717) is 18.9 Å². The van der Waals surface area contributed by atoms with Crippen molar-refractivity contribution in [3.63, 3.8) is 0 Å². The molecule has 4 nitrogen and oxygen atoms in total. The highest BCUT2D eigenvalue weighted by molar-refractivity contribution is 5.82. The number of piperidine rings is 1. The van der Waals surface area contributed by atoms with Crippen molar-refractivity contribution in [1.29, 1.82) is 5.26 Å². The zero-order chi connectivity index (χ0) is 12.7. The summed E-state index contributed by atoms with van der Waals surface area (Å²) in [6, 6.07) is 2.09. The van der Waals surface area contributed by atoms with E-state index >= 15 is 0 Å². The molecule has 1 fully saturated rings. The molecule has 0 saturated carbocycles. The van der Waals surface area contributed by atoms with Crippen LogP contribution in [0, 0.1) is 17.2 Å². The van der Waals surface area contributed by atoms with E-state index in [1.807, 2.05) is 4.90 Å². The third-order valence-corrected chi connectivity index (χ3v) is 3.00. The molecule has 1 N–H and O–H groups in total. The Bertz CT molecular complexity index is 277. The summed E-state index contributed by atoms with van der Waals surface area (Å²) < 4.78 is 0. The summed E-state index contributed by atoms with van der Waals surface area (Å²) in [6.07, 6.45) is 3.63.